The van der Waals surface area contributed by atoms with E-state index in [1.807, 2.05) is 50.2 Å². The Kier molecular flexibility index (Phi) is 5.78. The number of halogens is 1. The lowest BCUT2D eigenvalue weighted by Crippen LogP contribution is -2.22. The smallest absolute Gasteiger partial charge is 0.251 e. The van der Waals surface area contributed by atoms with Crippen molar-refractivity contribution in [1.29, 1.82) is 0 Å². The van der Waals surface area contributed by atoms with Crippen LogP contribution in [0.1, 0.15) is 30.0 Å². The summed E-state index contributed by atoms with van der Waals surface area (Å²) >= 11 is 3.42. The van der Waals surface area contributed by atoms with Gasteiger partial charge in [-0.25, -0.2) is 0 Å². The molecule has 134 valence electrons. The van der Waals surface area contributed by atoms with Crippen LogP contribution in [0.15, 0.2) is 69.6 Å². The second-order valence-corrected chi connectivity index (χ2v) is 7.06. The monoisotopic (exact) mass is 413 g/mol. The fourth-order valence-electron chi connectivity index (χ4n) is 2.47. The SMILES string of the molecule is CC(C)Oc1ccc(C(=O)NCc2ccc(-c3ccc(Br)cc3)o2)cc1. The maximum absolute atomic E-state index is 12.3. The third-order valence-corrected chi connectivity index (χ3v) is 4.23. The van der Waals surface area contributed by atoms with E-state index in [1.54, 1.807) is 24.3 Å². The van der Waals surface area contributed by atoms with Crippen molar-refractivity contribution in [3.05, 3.63) is 76.5 Å². The van der Waals surface area contributed by atoms with Gasteiger partial charge in [-0.05, 0) is 62.4 Å². The van der Waals surface area contributed by atoms with E-state index in [1.165, 1.54) is 0 Å². The predicted octanol–water partition coefficient (Wildman–Crippen LogP) is 5.43. The highest BCUT2D eigenvalue weighted by atomic mass is 79.9. The summed E-state index contributed by atoms with van der Waals surface area (Å²) in [5.74, 6) is 2.08. The molecule has 0 atom stereocenters. The first kappa shape index (κ1) is 18.3. The normalized spacial score (nSPS) is 10.8. The van der Waals surface area contributed by atoms with Gasteiger partial charge in [0.25, 0.3) is 5.91 Å². The summed E-state index contributed by atoms with van der Waals surface area (Å²) in [7, 11) is 0. The Hall–Kier alpha value is -2.53. The summed E-state index contributed by atoms with van der Waals surface area (Å²) in [6.07, 6.45) is 0.105. The first-order valence-corrected chi connectivity index (χ1v) is 9.20. The Labute approximate surface area is 161 Å². The van der Waals surface area contributed by atoms with Crippen LogP contribution in [-0.2, 0) is 6.54 Å². The Balaban J connectivity index is 1.58. The summed E-state index contributed by atoms with van der Waals surface area (Å²) < 4.78 is 12.4. The first-order chi connectivity index (χ1) is 12.5. The van der Waals surface area contributed by atoms with E-state index < -0.39 is 0 Å². The molecule has 4 nitrogen and oxygen atoms in total. The molecule has 1 heterocycles. The molecule has 0 aliphatic rings. The van der Waals surface area contributed by atoms with E-state index in [2.05, 4.69) is 21.2 Å². The van der Waals surface area contributed by atoms with Crippen LogP contribution in [0.4, 0.5) is 0 Å². The third-order valence-electron chi connectivity index (χ3n) is 3.70. The average Bonchev–Trinajstić information content (AvgIpc) is 3.09. The molecule has 0 aliphatic heterocycles. The summed E-state index contributed by atoms with van der Waals surface area (Å²) in [6, 6.07) is 18.8. The van der Waals surface area contributed by atoms with Gasteiger partial charge in [0, 0.05) is 15.6 Å². The highest BCUT2D eigenvalue weighted by Gasteiger charge is 2.09. The van der Waals surface area contributed by atoms with Crippen LogP contribution in [-0.4, -0.2) is 12.0 Å². The zero-order chi connectivity index (χ0) is 18.5. The van der Waals surface area contributed by atoms with E-state index in [0.29, 0.717) is 17.9 Å². The summed E-state index contributed by atoms with van der Waals surface area (Å²) in [4.78, 5) is 12.3. The lowest BCUT2D eigenvalue weighted by molar-refractivity contribution is 0.0948. The Bertz CT molecular complexity index is 867. The number of hydrogen-bond acceptors (Lipinski definition) is 3. The number of nitrogens with one attached hydrogen (secondary N) is 1. The first-order valence-electron chi connectivity index (χ1n) is 8.41. The van der Waals surface area contributed by atoms with Crippen LogP contribution in [0.25, 0.3) is 11.3 Å². The number of benzene rings is 2. The minimum Gasteiger partial charge on any atom is -0.491 e. The van der Waals surface area contributed by atoms with Crippen LogP contribution >= 0.6 is 15.9 Å². The fraction of sp³-hybridized carbons (Fsp3) is 0.190. The fourth-order valence-corrected chi connectivity index (χ4v) is 2.73. The van der Waals surface area contributed by atoms with Gasteiger partial charge in [-0.15, -0.1) is 0 Å². The number of furan rings is 1. The molecular weight excluding hydrogens is 394 g/mol. The number of carbonyl (C=O) groups is 1. The molecule has 26 heavy (non-hydrogen) atoms. The maximum Gasteiger partial charge on any atom is 0.251 e. The minimum atomic E-state index is -0.150. The highest BCUT2D eigenvalue weighted by molar-refractivity contribution is 9.10. The van der Waals surface area contributed by atoms with Gasteiger partial charge in [-0.3, -0.25) is 4.79 Å². The molecule has 0 unspecified atom stereocenters. The third kappa shape index (κ3) is 4.76. The van der Waals surface area contributed by atoms with Gasteiger partial charge in [0.15, 0.2) is 0 Å². The summed E-state index contributed by atoms with van der Waals surface area (Å²) in [6.45, 7) is 4.26. The number of amides is 1. The van der Waals surface area contributed by atoms with Crippen molar-refractivity contribution in [2.75, 3.05) is 0 Å². The van der Waals surface area contributed by atoms with Crippen LogP contribution < -0.4 is 10.1 Å². The summed E-state index contributed by atoms with van der Waals surface area (Å²) in [5.41, 5.74) is 1.58. The molecule has 5 heteroatoms. The molecule has 1 amide bonds. The molecule has 0 aliphatic carbocycles. The van der Waals surface area contributed by atoms with Gasteiger partial charge in [-0.1, -0.05) is 28.1 Å². The minimum absolute atomic E-state index is 0.105. The number of ether oxygens (including phenoxy) is 1. The van der Waals surface area contributed by atoms with Crippen molar-refractivity contribution >= 4 is 21.8 Å². The van der Waals surface area contributed by atoms with Crippen molar-refractivity contribution in [3.8, 4) is 17.1 Å². The molecule has 1 aromatic heterocycles. The van der Waals surface area contributed by atoms with Gasteiger partial charge in [-0.2, -0.15) is 0 Å². The average molecular weight is 414 g/mol. The molecule has 0 saturated heterocycles. The van der Waals surface area contributed by atoms with Crippen molar-refractivity contribution in [3.63, 3.8) is 0 Å². The quantitative estimate of drug-likeness (QED) is 0.586. The molecule has 0 radical (unpaired) electrons. The van der Waals surface area contributed by atoms with Crippen LogP contribution in [0.3, 0.4) is 0 Å². The summed E-state index contributed by atoms with van der Waals surface area (Å²) in [5, 5.41) is 2.87. The topological polar surface area (TPSA) is 51.5 Å². The van der Waals surface area contributed by atoms with E-state index >= 15 is 0 Å². The van der Waals surface area contributed by atoms with Gasteiger partial charge in [0.05, 0.1) is 12.6 Å². The second kappa shape index (κ2) is 8.23. The van der Waals surface area contributed by atoms with Crippen molar-refractivity contribution in [1.82, 2.24) is 5.32 Å². The lowest BCUT2D eigenvalue weighted by Gasteiger charge is -2.10. The number of carbonyl (C=O) groups excluding carboxylic acids is 1. The Morgan fingerprint density at radius 3 is 2.38 bits per heavy atom. The van der Waals surface area contributed by atoms with Crippen molar-refractivity contribution in [2.24, 2.45) is 0 Å². The zero-order valence-corrected chi connectivity index (χ0v) is 16.2. The number of hydrogen-bond donors (Lipinski definition) is 1. The molecule has 0 saturated carbocycles. The highest BCUT2D eigenvalue weighted by Crippen LogP contribution is 2.24. The van der Waals surface area contributed by atoms with Crippen molar-refractivity contribution in [2.45, 2.75) is 26.5 Å². The Morgan fingerprint density at radius 1 is 1.04 bits per heavy atom. The molecule has 1 N–H and O–H groups in total. The molecule has 2 aromatic carbocycles. The van der Waals surface area contributed by atoms with Crippen LogP contribution in [0, 0.1) is 0 Å². The number of rotatable bonds is 6. The van der Waals surface area contributed by atoms with E-state index in [0.717, 1.165) is 21.5 Å². The van der Waals surface area contributed by atoms with E-state index in [4.69, 9.17) is 9.15 Å². The van der Waals surface area contributed by atoms with Gasteiger partial charge in [0.1, 0.15) is 17.3 Å². The second-order valence-electron chi connectivity index (χ2n) is 6.15. The largest absolute Gasteiger partial charge is 0.491 e. The van der Waals surface area contributed by atoms with Crippen LogP contribution in [0.5, 0.6) is 5.75 Å². The lowest BCUT2D eigenvalue weighted by atomic mass is 10.2. The van der Waals surface area contributed by atoms with Gasteiger partial charge < -0.3 is 14.5 Å². The predicted molar refractivity (Wildman–Crippen MR) is 105 cm³/mol. The molecule has 0 bridgehead atoms. The van der Waals surface area contributed by atoms with Gasteiger partial charge >= 0.3 is 0 Å². The molecule has 0 fully saturated rings. The maximum atomic E-state index is 12.3. The van der Waals surface area contributed by atoms with Crippen molar-refractivity contribution < 1.29 is 13.9 Å². The van der Waals surface area contributed by atoms with E-state index in [9.17, 15) is 4.79 Å². The standard InChI is InChI=1S/C21H20BrNO3/c1-14(2)25-18-9-5-16(6-10-18)21(24)23-13-19-11-12-20(26-19)15-3-7-17(22)8-4-15/h3-12,14H,13H2,1-2H3,(H,23,24). The van der Waals surface area contributed by atoms with E-state index in [-0.39, 0.29) is 12.0 Å². The van der Waals surface area contributed by atoms with Crippen LogP contribution in [0.2, 0.25) is 0 Å². The molecular formula is C21H20BrNO3. The van der Waals surface area contributed by atoms with Gasteiger partial charge in [0.2, 0.25) is 0 Å². The zero-order valence-electron chi connectivity index (χ0n) is 14.7. The molecule has 3 aromatic rings. The molecule has 0 spiro atoms. The molecule has 3 rings (SSSR count). The Morgan fingerprint density at radius 2 is 1.73 bits per heavy atom.